The Morgan fingerprint density at radius 1 is 1.24 bits per heavy atom. The molecule has 0 spiro atoms. The quantitative estimate of drug-likeness (QED) is 0.818. The predicted molar refractivity (Wildman–Crippen MR) is 82.2 cm³/mol. The van der Waals surface area contributed by atoms with Crippen molar-refractivity contribution in [2.45, 2.75) is 40.2 Å². The van der Waals surface area contributed by atoms with Crippen LogP contribution in [0.15, 0.2) is 24.3 Å². The van der Waals surface area contributed by atoms with E-state index in [9.17, 15) is 14.4 Å². The van der Waals surface area contributed by atoms with E-state index in [2.05, 4.69) is 5.32 Å². The van der Waals surface area contributed by atoms with Crippen molar-refractivity contribution in [1.82, 2.24) is 4.90 Å². The van der Waals surface area contributed by atoms with E-state index < -0.39 is 0 Å². The second-order valence-corrected chi connectivity index (χ2v) is 5.09. The number of Topliss-reactive ketones (excluding diaryl/α,β-unsaturated/α-hetero) is 1. The van der Waals surface area contributed by atoms with Crippen molar-refractivity contribution >= 4 is 23.3 Å². The maximum atomic E-state index is 12.0. The third-order valence-electron chi connectivity index (χ3n) is 3.39. The van der Waals surface area contributed by atoms with Crippen LogP contribution in [0, 0.1) is 0 Å². The molecule has 1 N–H and O–H groups in total. The van der Waals surface area contributed by atoms with Crippen LogP contribution in [0.1, 0.15) is 44.5 Å². The van der Waals surface area contributed by atoms with Gasteiger partial charge in [0.05, 0.1) is 0 Å². The van der Waals surface area contributed by atoms with Crippen molar-refractivity contribution < 1.29 is 14.4 Å². The summed E-state index contributed by atoms with van der Waals surface area (Å²) in [5.41, 5.74) is 1.10. The van der Waals surface area contributed by atoms with Crippen molar-refractivity contribution in [3.8, 4) is 0 Å². The van der Waals surface area contributed by atoms with Crippen LogP contribution >= 0.6 is 0 Å². The number of nitrogens with zero attached hydrogens (tertiary/aromatic N) is 1. The second kappa shape index (κ2) is 7.57. The number of rotatable bonds is 6. The highest BCUT2D eigenvalue weighted by atomic mass is 16.2. The van der Waals surface area contributed by atoms with Gasteiger partial charge in [-0.15, -0.1) is 0 Å². The van der Waals surface area contributed by atoms with Crippen LogP contribution in [0.4, 0.5) is 5.69 Å². The summed E-state index contributed by atoms with van der Waals surface area (Å²) in [6.45, 7) is 6.81. The molecule has 1 rings (SSSR count). The molecule has 0 saturated carbocycles. The Bertz CT molecular complexity index is 540. The fourth-order valence-corrected chi connectivity index (χ4v) is 1.97. The van der Waals surface area contributed by atoms with E-state index in [0.717, 1.165) is 6.42 Å². The maximum Gasteiger partial charge on any atom is 0.244 e. The van der Waals surface area contributed by atoms with Gasteiger partial charge in [-0.1, -0.05) is 19.1 Å². The van der Waals surface area contributed by atoms with E-state index in [1.54, 1.807) is 24.3 Å². The highest BCUT2D eigenvalue weighted by Crippen LogP contribution is 2.12. The van der Waals surface area contributed by atoms with E-state index in [-0.39, 0.29) is 30.2 Å². The van der Waals surface area contributed by atoms with Crippen molar-refractivity contribution in [1.29, 1.82) is 0 Å². The average molecular weight is 290 g/mol. The first-order valence-electron chi connectivity index (χ1n) is 7.03. The summed E-state index contributed by atoms with van der Waals surface area (Å²) in [6, 6.07) is 6.76. The lowest BCUT2D eigenvalue weighted by Crippen LogP contribution is -2.42. The number of hydrogen-bond donors (Lipinski definition) is 1. The highest BCUT2D eigenvalue weighted by molar-refractivity contribution is 5.98. The lowest BCUT2D eigenvalue weighted by molar-refractivity contribution is -0.134. The fourth-order valence-electron chi connectivity index (χ4n) is 1.97. The van der Waals surface area contributed by atoms with E-state index in [4.69, 9.17) is 0 Å². The summed E-state index contributed by atoms with van der Waals surface area (Å²) in [5, 5.41) is 2.72. The van der Waals surface area contributed by atoms with E-state index >= 15 is 0 Å². The number of ketones is 1. The topological polar surface area (TPSA) is 66.5 Å². The molecule has 0 heterocycles. The summed E-state index contributed by atoms with van der Waals surface area (Å²) in [6.07, 6.45) is 0.784. The van der Waals surface area contributed by atoms with Gasteiger partial charge in [-0.05, 0) is 32.4 Å². The van der Waals surface area contributed by atoms with Crippen LogP contribution in [0.25, 0.3) is 0 Å². The van der Waals surface area contributed by atoms with Gasteiger partial charge in [0.15, 0.2) is 5.78 Å². The van der Waals surface area contributed by atoms with Crippen LogP contribution in [-0.2, 0) is 9.59 Å². The van der Waals surface area contributed by atoms with Crippen molar-refractivity contribution in [2.24, 2.45) is 0 Å². The zero-order chi connectivity index (χ0) is 16.0. The first kappa shape index (κ1) is 16.9. The average Bonchev–Trinajstić information content (AvgIpc) is 2.43. The van der Waals surface area contributed by atoms with Gasteiger partial charge < -0.3 is 10.2 Å². The number of carbonyl (C=O) groups excluding carboxylic acids is 3. The zero-order valence-electron chi connectivity index (χ0n) is 13.0. The Morgan fingerprint density at radius 3 is 2.43 bits per heavy atom. The van der Waals surface area contributed by atoms with Gasteiger partial charge in [0.1, 0.15) is 6.54 Å². The number of carbonyl (C=O) groups is 3. The molecule has 0 aliphatic rings. The number of amides is 2. The van der Waals surface area contributed by atoms with Crippen molar-refractivity contribution in [2.75, 3.05) is 11.9 Å². The molecule has 1 aromatic rings. The molecule has 0 radical (unpaired) electrons. The van der Waals surface area contributed by atoms with Gasteiger partial charge in [0, 0.05) is 24.2 Å². The molecule has 0 fully saturated rings. The molecule has 0 aliphatic heterocycles. The fraction of sp³-hybridized carbons (Fsp3) is 0.438. The minimum atomic E-state index is -0.272. The molecule has 2 amide bonds. The van der Waals surface area contributed by atoms with Crippen LogP contribution in [0.5, 0.6) is 0 Å². The van der Waals surface area contributed by atoms with Gasteiger partial charge in [-0.2, -0.15) is 0 Å². The third-order valence-corrected chi connectivity index (χ3v) is 3.39. The third kappa shape index (κ3) is 5.02. The minimum absolute atomic E-state index is 0.00857. The van der Waals surface area contributed by atoms with Crippen LogP contribution in [-0.4, -0.2) is 35.1 Å². The molecule has 0 bridgehead atoms. The molecule has 1 atom stereocenters. The summed E-state index contributed by atoms with van der Waals surface area (Å²) in [4.78, 5) is 36.5. The van der Waals surface area contributed by atoms with E-state index in [1.165, 1.54) is 18.7 Å². The van der Waals surface area contributed by atoms with E-state index in [1.807, 2.05) is 13.8 Å². The Labute approximate surface area is 125 Å². The SMILES string of the molecule is CCC(C)N(CC(=O)Nc1cccc(C(C)=O)c1)C(C)=O. The summed E-state index contributed by atoms with van der Waals surface area (Å²) >= 11 is 0. The van der Waals surface area contributed by atoms with Gasteiger partial charge >= 0.3 is 0 Å². The van der Waals surface area contributed by atoms with Gasteiger partial charge in [0.25, 0.3) is 0 Å². The summed E-state index contributed by atoms with van der Waals surface area (Å²) < 4.78 is 0. The summed E-state index contributed by atoms with van der Waals surface area (Å²) in [5.74, 6) is -0.459. The van der Waals surface area contributed by atoms with Crippen LogP contribution in [0.3, 0.4) is 0 Å². The Kier molecular flexibility index (Phi) is 6.09. The lowest BCUT2D eigenvalue weighted by atomic mass is 10.1. The number of benzene rings is 1. The van der Waals surface area contributed by atoms with Gasteiger partial charge in [0.2, 0.25) is 11.8 Å². The first-order valence-corrected chi connectivity index (χ1v) is 7.03. The number of anilines is 1. The minimum Gasteiger partial charge on any atom is -0.331 e. The Morgan fingerprint density at radius 2 is 1.90 bits per heavy atom. The molecule has 1 aromatic carbocycles. The Hall–Kier alpha value is -2.17. The molecule has 1 unspecified atom stereocenters. The largest absolute Gasteiger partial charge is 0.331 e. The zero-order valence-corrected chi connectivity index (χ0v) is 13.0. The number of nitrogens with one attached hydrogen (secondary N) is 1. The van der Waals surface area contributed by atoms with Gasteiger partial charge in [-0.3, -0.25) is 14.4 Å². The predicted octanol–water partition coefficient (Wildman–Crippen LogP) is 2.47. The molecular formula is C16H22N2O3. The standard InChI is InChI=1S/C16H22N2O3/c1-5-11(2)18(13(4)20)10-16(21)17-15-8-6-7-14(9-15)12(3)19/h6-9,11H,5,10H2,1-4H3,(H,17,21). The molecule has 0 aliphatic carbocycles. The van der Waals surface area contributed by atoms with Gasteiger partial charge in [-0.25, -0.2) is 0 Å². The normalized spacial score (nSPS) is 11.6. The lowest BCUT2D eigenvalue weighted by Gasteiger charge is -2.26. The summed E-state index contributed by atoms with van der Waals surface area (Å²) in [7, 11) is 0. The van der Waals surface area contributed by atoms with Crippen molar-refractivity contribution in [3.63, 3.8) is 0 Å². The smallest absolute Gasteiger partial charge is 0.244 e. The van der Waals surface area contributed by atoms with Crippen LogP contribution < -0.4 is 5.32 Å². The Balaban J connectivity index is 2.74. The first-order chi connectivity index (χ1) is 9.85. The highest BCUT2D eigenvalue weighted by Gasteiger charge is 2.18. The maximum absolute atomic E-state index is 12.0. The molecule has 0 aromatic heterocycles. The van der Waals surface area contributed by atoms with E-state index in [0.29, 0.717) is 11.3 Å². The molecule has 21 heavy (non-hydrogen) atoms. The molecular weight excluding hydrogens is 268 g/mol. The molecule has 114 valence electrons. The molecule has 0 saturated heterocycles. The monoisotopic (exact) mass is 290 g/mol. The van der Waals surface area contributed by atoms with Crippen LogP contribution in [0.2, 0.25) is 0 Å². The second-order valence-electron chi connectivity index (χ2n) is 5.09. The van der Waals surface area contributed by atoms with Crippen molar-refractivity contribution in [3.05, 3.63) is 29.8 Å². The molecule has 5 nitrogen and oxygen atoms in total. The number of hydrogen-bond acceptors (Lipinski definition) is 3. The molecule has 5 heteroatoms.